The molecule has 1 fully saturated rings. The lowest BCUT2D eigenvalue weighted by Gasteiger charge is -2.22. The molecule has 2 unspecified atom stereocenters. The van der Waals surface area contributed by atoms with Crippen LogP contribution in [0.2, 0.25) is 5.02 Å². The van der Waals surface area contributed by atoms with Gasteiger partial charge in [-0.25, -0.2) is 0 Å². The first-order valence-electron chi connectivity index (χ1n) is 7.91. The van der Waals surface area contributed by atoms with E-state index in [2.05, 4.69) is 10.4 Å². The lowest BCUT2D eigenvalue weighted by Crippen LogP contribution is -2.28. The van der Waals surface area contributed by atoms with Crippen LogP contribution in [0.15, 0.2) is 41.3 Å². The van der Waals surface area contributed by atoms with E-state index in [4.69, 9.17) is 16.7 Å². The molecule has 6 heteroatoms. The van der Waals surface area contributed by atoms with Crippen molar-refractivity contribution >= 4 is 17.3 Å². The molecule has 1 aliphatic rings. The van der Waals surface area contributed by atoms with Gasteiger partial charge in [-0.2, -0.15) is 9.78 Å². The maximum atomic E-state index is 12.5. The highest BCUT2D eigenvalue weighted by atomic mass is 35.5. The highest BCUT2D eigenvalue weighted by molar-refractivity contribution is 6.32. The largest absolute Gasteiger partial charge is 0.396 e. The third kappa shape index (κ3) is 3.41. The monoisotopic (exact) mass is 333 g/mol. The molecule has 1 aromatic heterocycles. The summed E-state index contributed by atoms with van der Waals surface area (Å²) in [5.74, 6) is 0.410. The van der Waals surface area contributed by atoms with Gasteiger partial charge in [0.15, 0.2) is 0 Å². The zero-order valence-corrected chi connectivity index (χ0v) is 13.5. The molecule has 2 N–H and O–H groups in total. The smallest absolute Gasteiger partial charge is 0.292 e. The Balaban J connectivity index is 1.85. The number of halogens is 1. The molecule has 3 rings (SSSR count). The second-order valence-electron chi connectivity index (χ2n) is 5.88. The maximum absolute atomic E-state index is 12.5. The molecule has 0 amide bonds. The minimum absolute atomic E-state index is 0.151. The Morgan fingerprint density at radius 1 is 1.30 bits per heavy atom. The third-order valence-electron chi connectivity index (χ3n) is 4.42. The highest BCUT2D eigenvalue weighted by Gasteiger charge is 2.27. The van der Waals surface area contributed by atoms with Gasteiger partial charge in [0, 0.05) is 12.6 Å². The molecule has 0 aliphatic heterocycles. The number of aromatic nitrogens is 2. The summed E-state index contributed by atoms with van der Waals surface area (Å²) in [6.45, 7) is 0.185. The first kappa shape index (κ1) is 16.0. The fraction of sp³-hybridized carbons (Fsp3) is 0.412. The van der Waals surface area contributed by atoms with Crippen molar-refractivity contribution in [3.63, 3.8) is 0 Å². The topological polar surface area (TPSA) is 67.2 Å². The molecule has 5 nitrogen and oxygen atoms in total. The number of aliphatic hydroxyl groups is 1. The predicted octanol–water partition coefficient (Wildman–Crippen LogP) is 2.85. The molecule has 1 aliphatic carbocycles. The minimum atomic E-state index is -0.334. The Labute approximate surface area is 139 Å². The maximum Gasteiger partial charge on any atom is 0.292 e. The summed E-state index contributed by atoms with van der Waals surface area (Å²) >= 11 is 6.27. The minimum Gasteiger partial charge on any atom is -0.396 e. The summed E-state index contributed by atoms with van der Waals surface area (Å²) in [5, 5.41) is 16.9. The zero-order chi connectivity index (χ0) is 16.2. The molecule has 0 bridgehead atoms. The number of para-hydroxylation sites is 1. The average Bonchev–Trinajstić information content (AvgIpc) is 3.00. The van der Waals surface area contributed by atoms with Gasteiger partial charge < -0.3 is 10.4 Å². The molecule has 0 saturated heterocycles. The van der Waals surface area contributed by atoms with Crippen LogP contribution in [-0.4, -0.2) is 27.5 Å². The quantitative estimate of drug-likeness (QED) is 0.883. The van der Waals surface area contributed by atoms with Gasteiger partial charge in [-0.05, 0) is 37.3 Å². The molecule has 1 saturated carbocycles. The Bertz CT molecular complexity index is 718. The van der Waals surface area contributed by atoms with Crippen LogP contribution in [0.25, 0.3) is 5.69 Å². The molecule has 23 heavy (non-hydrogen) atoms. The van der Waals surface area contributed by atoms with Crippen molar-refractivity contribution < 1.29 is 5.11 Å². The summed E-state index contributed by atoms with van der Waals surface area (Å²) in [7, 11) is 0. The van der Waals surface area contributed by atoms with Crippen LogP contribution < -0.4 is 10.9 Å². The second-order valence-corrected chi connectivity index (χ2v) is 6.26. The van der Waals surface area contributed by atoms with Gasteiger partial charge in [0.05, 0.1) is 17.6 Å². The van der Waals surface area contributed by atoms with Gasteiger partial charge in [0.1, 0.15) is 5.02 Å². The highest BCUT2D eigenvalue weighted by Crippen LogP contribution is 2.31. The van der Waals surface area contributed by atoms with Crippen LogP contribution in [0.4, 0.5) is 5.69 Å². The Kier molecular flexibility index (Phi) is 4.98. The van der Waals surface area contributed by atoms with Crippen molar-refractivity contribution in [1.82, 2.24) is 9.78 Å². The van der Waals surface area contributed by atoms with Gasteiger partial charge >= 0.3 is 0 Å². The predicted molar refractivity (Wildman–Crippen MR) is 91.3 cm³/mol. The van der Waals surface area contributed by atoms with E-state index in [0.29, 0.717) is 17.3 Å². The van der Waals surface area contributed by atoms with E-state index in [1.165, 1.54) is 4.68 Å². The first-order valence-corrected chi connectivity index (χ1v) is 8.29. The Hall–Kier alpha value is -1.85. The fourth-order valence-corrected chi connectivity index (χ4v) is 3.41. The van der Waals surface area contributed by atoms with E-state index in [-0.39, 0.29) is 23.2 Å². The number of benzene rings is 1. The molecule has 0 spiro atoms. The van der Waals surface area contributed by atoms with Gasteiger partial charge in [0.2, 0.25) is 0 Å². The number of anilines is 1. The van der Waals surface area contributed by atoms with Gasteiger partial charge in [0.25, 0.3) is 5.56 Å². The van der Waals surface area contributed by atoms with Crippen LogP contribution >= 0.6 is 11.6 Å². The van der Waals surface area contributed by atoms with Crippen LogP contribution in [0.1, 0.15) is 25.7 Å². The molecule has 2 aromatic rings. The normalized spacial score (nSPS) is 20.6. The number of aliphatic hydroxyl groups excluding tert-OH is 1. The van der Waals surface area contributed by atoms with Gasteiger partial charge in [-0.3, -0.25) is 4.79 Å². The summed E-state index contributed by atoms with van der Waals surface area (Å²) in [5.41, 5.74) is 0.920. The van der Waals surface area contributed by atoms with Crippen molar-refractivity contribution in [1.29, 1.82) is 0 Å². The molecular formula is C17H20ClN3O2. The van der Waals surface area contributed by atoms with E-state index < -0.39 is 0 Å². The first-order chi connectivity index (χ1) is 11.2. The summed E-state index contributed by atoms with van der Waals surface area (Å²) < 4.78 is 1.30. The fourth-order valence-electron chi connectivity index (χ4n) is 3.22. The van der Waals surface area contributed by atoms with Crippen molar-refractivity contribution in [2.45, 2.75) is 31.7 Å². The number of nitrogens with zero attached hydrogens (tertiary/aromatic N) is 2. The van der Waals surface area contributed by atoms with Crippen LogP contribution in [-0.2, 0) is 0 Å². The zero-order valence-electron chi connectivity index (χ0n) is 12.8. The third-order valence-corrected chi connectivity index (χ3v) is 4.78. The average molecular weight is 334 g/mol. The standard InChI is InChI=1S/C17H20ClN3O2/c18-16-15(20-14-8-4-5-12(14)9-10-22)11-19-21(17(16)23)13-6-2-1-3-7-13/h1-3,6-7,11-12,14,20,22H,4-5,8-10H2. The van der Waals surface area contributed by atoms with Gasteiger partial charge in [-0.15, -0.1) is 0 Å². The molecule has 1 aromatic carbocycles. The molecule has 122 valence electrons. The van der Waals surface area contributed by atoms with Gasteiger partial charge in [-0.1, -0.05) is 36.2 Å². The molecule has 0 radical (unpaired) electrons. The van der Waals surface area contributed by atoms with Crippen molar-refractivity contribution in [3.05, 3.63) is 51.9 Å². The Morgan fingerprint density at radius 3 is 2.83 bits per heavy atom. The van der Waals surface area contributed by atoms with E-state index in [1.54, 1.807) is 6.20 Å². The number of nitrogens with one attached hydrogen (secondary N) is 1. The van der Waals surface area contributed by atoms with Crippen LogP contribution in [0, 0.1) is 5.92 Å². The van der Waals surface area contributed by atoms with E-state index >= 15 is 0 Å². The SMILES string of the molecule is O=c1c(Cl)c(NC2CCCC2CCO)cnn1-c1ccccc1. The Morgan fingerprint density at radius 2 is 2.09 bits per heavy atom. The van der Waals surface area contributed by atoms with Crippen molar-refractivity contribution in [2.75, 3.05) is 11.9 Å². The second kappa shape index (κ2) is 7.15. The number of rotatable bonds is 5. The molecule has 2 atom stereocenters. The molecular weight excluding hydrogens is 314 g/mol. The van der Waals surface area contributed by atoms with E-state index in [0.717, 1.165) is 25.7 Å². The lowest BCUT2D eigenvalue weighted by molar-refractivity contribution is 0.254. The number of hydrogen-bond donors (Lipinski definition) is 2. The van der Waals surface area contributed by atoms with E-state index in [1.807, 2.05) is 30.3 Å². The van der Waals surface area contributed by atoms with Crippen LogP contribution in [0.5, 0.6) is 0 Å². The van der Waals surface area contributed by atoms with Crippen molar-refractivity contribution in [2.24, 2.45) is 5.92 Å². The summed E-state index contributed by atoms with van der Waals surface area (Å²) in [6.07, 6.45) is 5.59. The van der Waals surface area contributed by atoms with Crippen molar-refractivity contribution in [3.8, 4) is 5.69 Å². The van der Waals surface area contributed by atoms with Crippen LogP contribution in [0.3, 0.4) is 0 Å². The number of hydrogen-bond acceptors (Lipinski definition) is 4. The summed E-state index contributed by atoms with van der Waals surface area (Å²) in [6, 6.07) is 9.43. The van der Waals surface area contributed by atoms with E-state index in [9.17, 15) is 4.79 Å². The molecule has 1 heterocycles. The summed E-state index contributed by atoms with van der Waals surface area (Å²) in [4.78, 5) is 12.5. The lowest BCUT2D eigenvalue weighted by atomic mass is 10.00.